The summed E-state index contributed by atoms with van der Waals surface area (Å²) in [5.74, 6) is -0.0140. The van der Waals surface area contributed by atoms with Crippen LogP contribution in [0.2, 0.25) is 0 Å². The number of non-ortho nitro benzene ring substituents is 1. The lowest BCUT2D eigenvalue weighted by Gasteiger charge is -2.13. The first-order valence-electron chi connectivity index (χ1n) is 7.10. The molecule has 0 spiro atoms. The smallest absolute Gasteiger partial charge is 0.270 e. The lowest BCUT2D eigenvalue weighted by atomic mass is 10.1. The summed E-state index contributed by atoms with van der Waals surface area (Å²) in [4.78, 5) is 10.3. The van der Waals surface area contributed by atoms with Gasteiger partial charge >= 0.3 is 0 Å². The molecule has 0 unspecified atom stereocenters. The molecule has 0 atom stereocenters. The van der Waals surface area contributed by atoms with E-state index in [-0.39, 0.29) is 18.0 Å². The molecule has 0 aliphatic rings. The molecule has 2 aromatic carbocycles. The van der Waals surface area contributed by atoms with Crippen molar-refractivity contribution in [2.24, 2.45) is 0 Å². The van der Waals surface area contributed by atoms with Gasteiger partial charge < -0.3 is 15.7 Å². The van der Waals surface area contributed by atoms with Gasteiger partial charge in [-0.25, -0.2) is 0 Å². The monoisotopic (exact) mass is 331 g/mol. The molecule has 0 radical (unpaired) electrons. The third-order valence-corrected chi connectivity index (χ3v) is 3.61. The average molecular weight is 331 g/mol. The van der Waals surface area contributed by atoms with Crippen LogP contribution < -0.4 is 10.6 Å². The molecular formula is C16H17N3O3S. The Hall–Kier alpha value is -2.67. The van der Waals surface area contributed by atoms with Crippen LogP contribution in [0.25, 0.3) is 0 Å². The van der Waals surface area contributed by atoms with E-state index in [0.29, 0.717) is 10.7 Å². The number of phenolic OH excluding ortho intramolecular Hbond substituents is 1. The Morgan fingerprint density at radius 2 is 2.00 bits per heavy atom. The Morgan fingerprint density at radius 1 is 1.26 bits per heavy atom. The van der Waals surface area contributed by atoms with Crippen molar-refractivity contribution in [3.8, 4) is 5.75 Å². The molecule has 3 N–H and O–H groups in total. The van der Waals surface area contributed by atoms with E-state index >= 15 is 0 Å². The minimum absolute atomic E-state index is 0.0140. The number of nitro groups is 1. The van der Waals surface area contributed by atoms with Crippen LogP contribution >= 0.6 is 12.2 Å². The molecule has 0 aliphatic carbocycles. The Morgan fingerprint density at radius 3 is 2.70 bits per heavy atom. The van der Waals surface area contributed by atoms with Crippen LogP contribution in [0.4, 0.5) is 11.4 Å². The van der Waals surface area contributed by atoms with Gasteiger partial charge in [0.25, 0.3) is 5.69 Å². The molecule has 6 nitrogen and oxygen atoms in total. The van der Waals surface area contributed by atoms with Gasteiger partial charge in [0, 0.05) is 29.9 Å². The largest absolute Gasteiger partial charge is 0.508 e. The summed E-state index contributed by atoms with van der Waals surface area (Å²) >= 11 is 5.23. The zero-order chi connectivity index (χ0) is 16.8. The van der Waals surface area contributed by atoms with Crippen LogP contribution in [0.1, 0.15) is 18.1 Å². The highest BCUT2D eigenvalue weighted by Crippen LogP contribution is 2.22. The Labute approximate surface area is 139 Å². The van der Waals surface area contributed by atoms with Crippen LogP contribution in [0.15, 0.2) is 42.5 Å². The summed E-state index contributed by atoms with van der Waals surface area (Å²) in [5, 5.41) is 27.0. The Balaban J connectivity index is 2.02. The highest BCUT2D eigenvalue weighted by molar-refractivity contribution is 7.80. The van der Waals surface area contributed by atoms with Crippen molar-refractivity contribution in [1.82, 2.24) is 5.32 Å². The maximum absolute atomic E-state index is 10.8. The van der Waals surface area contributed by atoms with E-state index in [9.17, 15) is 15.2 Å². The third-order valence-electron chi connectivity index (χ3n) is 3.36. The average Bonchev–Trinajstić information content (AvgIpc) is 2.54. The summed E-state index contributed by atoms with van der Waals surface area (Å²) in [5.41, 5.74) is 2.38. The normalized spacial score (nSPS) is 10.1. The second-order valence-corrected chi connectivity index (χ2v) is 5.30. The number of hydrogen-bond donors (Lipinski definition) is 3. The fraction of sp³-hybridized carbons (Fsp3) is 0.188. The molecule has 0 amide bonds. The van der Waals surface area contributed by atoms with E-state index in [1.54, 1.807) is 0 Å². The van der Waals surface area contributed by atoms with Crippen molar-refractivity contribution < 1.29 is 10.0 Å². The standard InChI is InChI=1S/C16H17N3O3S/c1-2-11-5-3-4-6-14(11)18-16(23)17-10-12-9-13(19(21)22)7-8-15(12)20/h3-9,20H,2,10H2,1H3,(H2,17,18,23). The van der Waals surface area contributed by atoms with Gasteiger partial charge in [-0.1, -0.05) is 25.1 Å². The lowest BCUT2D eigenvalue weighted by molar-refractivity contribution is -0.384. The predicted octanol–water partition coefficient (Wildman–Crippen LogP) is 3.35. The van der Waals surface area contributed by atoms with E-state index in [0.717, 1.165) is 17.7 Å². The van der Waals surface area contributed by atoms with Gasteiger partial charge in [0.2, 0.25) is 0 Å². The molecule has 2 aromatic rings. The molecule has 0 saturated heterocycles. The molecule has 2 rings (SSSR count). The molecular weight excluding hydrogens is 314 g/mol. The van der Waals surface area contributed by atoms with Gasteiger partial charge in [-0.2, -0.15) is 0 Å². The van der Waals surface area contributed by atoms with Crippen LogP contribution in [-0.4, -0.2) is 15.1 Å². The summed E-state index contributed by atoms with van der Waals surface area (Å²) in [6.07, 6.45) is 0.872. The van der Waals surface area contributed by atoms with E-state index in [2.05, 4.69) is 17.6 Å². The summed E-state index contributed by atoms with van der Waals surface area (Å²) in [6.45, 7) is 2.24. The van der Waals surface area contributed by atoms with E-state index < -0.39 is 4.92 Å². The molecule has 0 saturated carbocycles. The first kappa shape index (κ1) is 16.7. The topological polar surface area (TPSA) is 87.4 Å². The minimum Gasteiger partial charge on any atom is -0.508 e. The number of phenols is 1. The zero-order valence-electron chi connectivity index (χ0n) is 12.6. The number of para-hydroxylation sites is 1. The molecule has 120 valence electrons. The van der Waals surface area contributed by atoms with Crippen molar-refractivity contribution in [3.05, 3.63) is 63.7 Å². The number of benzene rings is 2. The fourth-order valence-electron chi connectivity index (χ4n) is 2.12. The first-order valence-corrected chi connectivity index (χ1v) is 7.51. The number of anilines is 1. The van der Waals surface area contributed by atoms with Crippen molar-refractivity contribution in [3.63, 3.8) is 0 Å². The predicted molar refractivity (Wildman–Crippen MR) is 93.6 cm³/mol. The number of hydrogen-bond acceptors (Lipinski definition) is 4. The maximum atomic E-state index is 10.8. The maximum Gasteiger partial charge on any atom is 0.270 e. The number of nitrogens with zero attached hydrogens (tertiary/aromatic N) is 1. The number of nitrogens with one attached hydrogen (secondary N) is 2. The highest BCUT2D eigenvalue weighted by Gasteiger charge is 2.10. The lowest BCUT2D eigenvalue weighted by Crippen LogP contribution is -2.28. The molecule has 0 aromatic heterocycles. The summed E-state index contributed by atoms with van der Waals surface area (Å²) < 4.78 is 0. The van der Waals surface area contributed by atoms with Gasteiger partial charge in [-0.15, -0.1) is 0 Å². The van der Waals surface area contributed by atoms with Gasteiger partial charge in [0.05, 0.1) is 4.92 Å². The molecule has 23 heavy (non-hydrogen) atoms. The second-order valence-electron chi connectivity index (χ2n) is 4.89. The van der Waals surface area contributed by atoms with E-state index in [1.807, 2.05) is 24.3 Å². The fourth-order valence-corrected chi connectivity index (χ4v) is 2.30. The number of thiocarbonyl (C=S) groups is 1. The zero-order valence-corrected chi connectivity index (χ0v) is 13.4. The van der Waals surface area contributed by atoms with Crippen LogP contribution in [0.3, 0.4) is 0 Å². The summed E-state index contributed by atoms with van der Waals surface area (Å²) in [6, 6.07) is 11.7. The third kappa shape index (κ3) is 4.40. The van der Waals surface area contributed by atoms with Crippen LogP contribution in [0, 0.1) is 10.1 Å². The number of rotatable bonds is 5. The van der Waals surface area contributed by atoms with Gasteiger partial charge in [0.1, 0.15) is 5.75 Å². The minimum atomic E-state index is -0.503. The Kier molecular flexibility index (Phi) is 5.48. The molecule has 0 fully saturated rings. The van der Waals surface area contributed by atoms with Crippen molar-refractivity contribution in [2.45, 2.75) is 19.9 Å². The number of aryl methyl sites for hydroxylation is 1. The van der Waals surface area contributed by atoms with Gasteiger partial charge in [-0.3, -0.25) is 10.1 Å². The number of nitro benzene ring substituents is 1. The van der Waals surface area contributed by atoms with Crippen LogP contribution in [-0.2, 0) is 13.0 Å². The Bertz CT molecular complexity index is 734. The van der Waals surface area contributed by atoms with Gasteiger partial charge in [0.15, 0.2) is 5.11 Å². The molecule has 0 heterocycles. The second kappa shape index (κ2) is 7.55. The van der Waals surface area contributed by atoms with Gasteiger partial charge in [-0.05, 0) is 36.3 Å². The quantitative estimate of drug-likeness (QED) is 0.442. The molecule has 0 aliphatic heterocycles. The van der Waals surface area contributed by atoms with Crippen molar-refractivity contribution in [2.75, 3.05) is 5.32 Å². The SMILES string of the molecule is CCc1ccccc1NC(=S)NCc1cc([N+](=O)[O-])ccc1O. The molecule has 7 heteroatoms. The van der Waals surface area contributed by atoms with Crippen LogP contribution in [0.5, 0.6) is 5.75 Å². The van der Waals surface area contributed by atoms with Crippen molar-refractivity contribution in [1.29, 1.82) is 0 Å². The molecule has 0 bridgehead atoms. The van der Waals surface area contributed by atoms with E-state index in [4.69, 9.17) is 12.2 Å². The highest BCUT2D eigenvalue weighted by atomic mass is 32.1. The first-order chi connectivity index (χ1) is 11.0. The summed E-state index contributed by atoms with van der Waals surface area (Å²) in [7, 11) is 0. The number of aromatic hydroxyl groups is 1. The van der Waals surface area contributed by atoms with Crippen molar-refractivity contribution >= 4 is 28.7 Å². The van der Waals surface area contributed by atoms with E-state index in [1.165, 1.54) is 18.2 Å².